The summed E-state index contributed by atoms with van der Waals surface area (Å²) in [4.78, 5) is 38.8. The van der Waals surface area contributed by atoms with E-state index in [1.165, 1.54) is 19.2 Å². The predicted molar refractivity (Wildman–Crippen MR) is 92.0 cm³/mol. The number of nitrogens with zero attached hydrogens (tertiary/aromatic N) is 2. The van der Waals surface area contributed by atoms with Crippen molar-refractivity contribution in [2.24, 2.45) is 0 Å². The van der Waals surface area contributed by atoms with Gasteiger partial charge in [-0.3, -0.25) is 14.9 Å². The van der Waals surface area contributed by atoms with Crippen LogP contribution >= 0.6 is 11.6 Å². The molecular weight excluding hydrogens is 382 g/mol. The van der Waals surface area contributed by atoms with Crippen LogP contribution < -0.4 is 14.8 Å². The van der Waals surface area contributed by atoms with E-state index in [1.807, 2.05) is 0 Å². The number of anilines is 1. The van der Waals surface area contributed by atoms with Crippen LogP contribution in [0, 0.1) is 10.1 Å². The summed E-state index contributed by atoms with van der Waals surface area (Å²) in [5.74, 6) is -1.41. The third-order valence-electron chi connectivity index (χ3n) is 3.58. The van der Waals surface area contributed by atoms with E-state index in [0.29, 0.717) is 0 Å². The molecule has 0 radical (unpaired) electrons. The topological polar surface area (TPSA) is 130 Å². The SMILES string of the molecule is CC(OC(=O)c1cc2c(cc1[N+](=O)[O-])OCO2)C(=O)Nc1cccnc1Cl. The molecular formula is C16H12ClN3O7. The highest BCUT2D eigenvalue weighted by Gasteiger charge is 2.30. The number of nitro benzene ring substituents is 1. The van der Waals surface area contributed by atoms with Crippen LogP contribution in [0.3, 0.4) is 0 Å². The molecule has 11 heteroatoms. The number of halogens is 1. The van der Waals surface area contributed by atoms with Crippen LogP contribution in [-0.4, -0.2) is 34.7 Å². The summed E-state index contributed by atoms with van der Waals surface area (Å²) in [5.41, 5.74) is -0.642. The van der Waals surface area contributed by atoms with Gasteiger partial charge in [-0.15, -0.1) is 0 Å². The van der Waals surface area contributed by atoms with Crippen molar-refractivity contribution in [2.75, 3.05) is 12.1 Å². The number of aromatic nitrogens is 1. The van der Waals surface area contributed by atoms with Crippen molar-refractivity contribution in [1.29, 1.82) is 0 Å². The predicted octanol–water partition coefficient (Wildman–Crippen LogP) is 2.56. The van der Waals surface area contributed by atoms with Crippen molar-refractivity contribution >= 4 is 34.9 Å². The zero-order chi connectivity index (χ0) is 19.6. The summed E-state index contributed by atoms with van der Waals surface area (Å²) in [5, 5.41) is 13.7. The van der Waals surface area contributed by atoms with E-state index < -0.39 is 28.6 Å². The molecule has 0 bridgehead atoms. The number of amides is 1. The van der Waals surface area contributed by atoms with Crippen LogP contribution in [0.1, 0.15) is 17.3 Å². The van der Waals surface area contributed by atoms with E-state index in [2.05, 4.69) is 10.3 Å². The van der Waals surface area contributed by atoms with E-state index in [-0.39, 0.29) is 34.7 Å². The summed E-state index contributed by atoms with van der Waals surface area (Å²) >= 11 is 5.85. The van der Waals surface area contributed by atoms with E-state index in [1.54, 1.807) is 6.07 Å². The summed E-state index contributed by atoms with van der Waals surface area (Å²) in [7, 11) is 0. The molecule has 1 N–H and O–H groups in total. The number of pyridine rings is 1. The van der Waals surface area contributed by atoms with Crippen LogP contribution in [0.5, 0.6) is 11.5 Å². The molecule has 1 aliphatic heterocycles. The molecule has 27 heavy (non-hydrogen) atoms. The van der Waals surface area contributed by atoms with Crippen LogP contribution in [-0.2, 0) is 9.53 Å². The lowest BCUT2D eigenvalue weighted by Crippen LogP contribution is -2.30. The third kappa shape index (κ3) is 3.90. The first-order valence-corrected chi connectivity index (χ1v) is 7.95. The van der Waals surface area contributed by atoms with E-state index in [9.17, 15) is 19.7 Å². The van der Waals surface area contributed by atoms with Gasteiger partial charge in [0.1, 0.15) is 5.56 Å². The first-order chi connectivity index (χ1) is 12.9. The molecule has 2 aromatic rings. The third-order valence-corrected chi connectivity index (χ3v) is 3.88. The number of rotatable bonds is 5. The molecule has 1 amide bonds. The minimum absolute atomic E-state index is 0.0655. The molecule has 1 aromatic heterocycles. The quantitative estimate of drug-likeness (QED) is 0.355. The van der Waals surface area contributed by atoms with E-state index >= 15 is 0 Å². The number of ether oxygens (including phenoxy) is 3. The fourth-order valence-electron chi connectivity index (χ4n) is 2.24. The number of carbonyl (C=O) groups is 2. The molecule has 1 aromatic carbocycles. The highest BCUT2D eigenvalue weighted by molar-refractivity contribution is 6.32. The van der Waals surface area contributed by atoms with Gasteiger partial charge < -0.3 is 19.5 Å². The lowest BCUT2D eigenvalue weighted by molar-refractivity contribution is -0.385. The lowest BCUT2D eigenvalue weighted by Gasteiger charge is -2.14. The maximum Gasteiger partial charge on any atom is 0.346 e. The molecule has 0 spiro atoms. The van der Waals surface area contributed by atoms with Gasteiger partial charge in [-0.2, -0.15) is 0 Å². The maximum atomic E-state index is 12.4. The average Bonchev–Trinajstić information content (AvgIpc) is 3.09. The Kier molecular flexibility index (Phi) is 5.08. The molecule has 10 nitrogen and oxygen atoms in total. The largest absolute Gasteiger partial charge is 0.454 e. The highest BCUT2D eigenvalue weighted by Crippen LogP contribution is 2.38. The average molecular weight is 394 g/mol. The lowest BCUT2D eigenvalue weighted by atomic mass is 10.1. The van der Waals surface area contributed by atoms with E-state index in [4.69, 9.17) is 25.8 Å². The number of nitrogens with one attached hydrogen (secondary N) is 1. The van der Waals surface area contributed by atoms with Crippen LogP contribution in [0.15, 0.2) is 30.5 Å². The Morgan fingerprint density at radius 3 is 2.74 bits per heavy atom. The van der Waals surface area contributed by atoms with Crippen molar-refractivity contribution in [3.63, 3.8) is 0 Å². The summed E-state index contributed by atoms with van der Waals surface area (Å²) in [6.45, 7) is 1.20. The van der Waals surface area contributed by atoms with Gasteiger partial charge in [0.05, 0.1) is 16.7 Å². The van der Waals surface area contributed by atoms with Gasteiger partial charge in [-0.1, -0.05) is 11.6 Å². The Labute approximate surface area is 157 Å². The standard InChI is InChI=1S/C16H12ClN3O7/c1-8(15(21)19-10-3-2-4-18-14(10)17)27-16(22)9-5-12-13(26-7-25-12)6-11(9)20(23)24/h2-6,8H,7H2,1H3,(H,19,21). The Morgan fingerprint density at radius 1 is 1.37 bits per heavy atom. The van der Waals surface area contributed by atoms with Gasteiger partial charge in [0.2, 0.25) is 6.79 Å². The van der Waals surface area contributed by atoms with Crippen LogP contribution in [0.4, 0.5) is 11.4 Å². The Morgan fingerprint density at radius 2 is 2.07 bits per heavy atom. The van der Waals surface area contributed by atoms with Crippen LogP contribution in [0.25, 0.3) is 0 Å². The molecule has 3 rings (SSSR count). The van der Waals surface area contributed by atoms with Crippen molar-refractivity contribution in [1.82, 2.24) is 4.98 Å². The molecule has 140 valence electrons. The molecule has 0 aliphatic carbocycles. The number of hydrogen-bond acceptors (Lipinski definition) is 8. The zero-order valence-electron chi connectivity index (χ0n) is 13.8. The second-order valence-electron chi connectivity index (χ2n) is 5.36. The number of nitro groups is 1. The fourth-order valence-corrected chi connectivity index (χ4v) is 2.40. The van der Waals surface area contributed by atoms with Gasteiger partial charge in [0, 0.05) is 12.3 Å². The number of hydrogen-bond donors (Lipinski definition) is 1. The van der Waals surface area contributed by atoms with Crippen molar-refractivity contribution < 1.29 is 28.7 Å². The summed E-state index contributed by atoms with van der Waals surface area (Å²) < 4.78 is 15.2. The first kappa shape index (κ1) is 18.4. The fraction of sp³-hybridized carbons (Fsp3) is 0.188. The van der Waals surface area contributed by atoms with Crippen molar-refractivity contribution in [3.05, 3.63) is 51.3 Å². The summed E-state index contributed by atoms with van der Waals surface area (Å²) in [6, 6.07) is 5.29. The second-order valence-corrected chi connectivity index (χ2v) is 5.72. The molecule has 0 saturated heterocycles. The Bertz CT molecular complexity index is 934. The number of carbonyl (C=O) groups excluding carboxylic acids is 2. The number of esters is 1. The zero-order valence-corrected chi connectivity index (χ0v) is 14.6. The van der Waals surface area contributed by atoms with Crippen molar-refractivity contribution in [3.8, 4) is 11.5 Å². The normalized spacial score (nSPS) is 13.0. The molecule has 0 saturated carbocycles. The molecule has 1 unspecified atom stereocenters. The van der Waals surface area contributed by atoms with Crippen LogP contribution in [0.2, 0.25) is 5.15 Å². The Balaban J connectivity index is 1.76. The van der Waals surface area contributed by atoms with Gasteiger partial charge >= 0.3 is 5.97 Å². The minimum atomic E-state index is -1.25. The smallest absolute Gasteiger partial charge is 0.346 e. The molecule has 2 heterocycles. The molecule has 0 fully saturated rings. The van der Waals surface area contributed by atoms with Gasteiger partial charge in [0.25, 0.3) is 11.6 Å². The maximum absolute atomic E-state index is 12.4. The first-order valence-electron chi connectivity index (χ1n) is 7.57. The second kappa shape index (κ2) is 7.46. The van der Waals surface area contributed by atoms with Crippen molar-refractivity contribution in [2.45, 2.75) is 13.0 Å². The number of benzene rings is 1. The summed E-state index contributed by atoms with van der Waals surface area (Å²) in [6.07, 6.45) is 0.194. The highest BCUT2D eigenvalue weighted by atomic mass is 35.5. The molecule has 1 aliphatic rings. The minimum Gasteiger partial charge on any atom is -0.454 e. The molecule has 1 atom stereocenters. The monoisotopic (exact) mass is 393 g/mol. The number of fused-ring (bicyclic) bond motifs is 1. The van der Waals surface area contributed by atoms with Gasteiger partial charge in [-0.25, -0.2) is 9.78 Å². The Hall–Kier alpha value is -3.40. The van der Waals surface area contributed by atoms with Gasteiger partial charge in [0.15, 0.2) is 22.8 Å². The van der Waals surface area contributed by atoms with E-state index in [0.717, 1.165) is 12.1 Å². The van der Waals surface area contributed by atoms with Gasteiger partial charge in [-0.05, 0) is 19.1 Å².